The van der Waals surface area contributed by atoms with E-state index in [1.165, 1.54) is 0 Å². The molecule has 0 radical (unpaired) electrons. The summed E-state index contributed by atoms with van der Waals surface area (Å²) < 4.78 is 7.72. The molecule has 0 saturated carbocycles. The Hall–Kier alpha value is -1.96. The topological polar surface area (TPSA) is 70.8 Å². The predicted octanol–water partition coefficient (Wildman–Crippen LogP) is 0.708. The fourth-order valence-corrected chi connectivity index (χ4v) is 4.23. The van der Waals surface area contributed by atoms with Crippen molar-refractivity contribution >= 4 is 16.9 Å². The molecule has 3 heterocycles. The lowest BCUT2D eigenvalue weighted by Gasteiger charge is -2.30. The van der Waals surface area contributed by atoms with Crippen LogP contribution in [-0.2, 0) is 22.7 Å². The molecule has 2 aliphatic rings. The van der Waals surface area contributed by atoms with Crippen molar-refractivity contribution in [1.82, 2.24) is 19.4 Å². The van der Waals surface area contributed by atoms with Crippen molar-refractivity contribution in [3.63, 3.8) is 0 Å². The molecule has 2 fully saturated rings. The number of nitrogens with zero attached hydrogens (tertiary/aromatic N) is 4. The van der Waals surface area contributed by atoms with Crippen LogP contribution in [0, 0.1) is 5.92 Å². The van der Waals surface area contributed by atoms with Crippen molar-refractivity contribution in [2.24, 2.45) is 5.92 Å². The van der Waals surface area contributed by atoms with E-state index in [1.807, 2.05) is 33.7 Å². The third-order valence-corrected chi connectivity index (χ3v) is 5.40. The molecule has 2 aromatic rings. The molecule has 0 unspecified atom stereocenters. The third kappa shape index (κ3) is 3.34. The van der Waals surface area contributed by atoms with Crippen LogP contribution in [0.1, 0.15) is 12.2 Å². The quantitative estimate of drug-likeness (QED) is 0.872. The SMILES string of the molecule is CN1C[C@@H]2COC[C@H](C1)N(C(=O)CCn1c(CO)nc3ccccc31)C2. The minimum atomic E-state index is -0.129. The zero-order valence-electron chi connectivity index (χ0n) is 15.2. The van der Waals surface area contributed by atoms with Crippen LogP contribution in [0.15, 0.2) is 24.3 Å². The third-order valence-electron chi connectivity index (χ3n) is 5.40. The number of amides is 1. The molecule has 140 valence electrons. The van der Waals surface area contributed by atoms with Crippen LogP contribution in [0.25, 0.3) is 11.0 Å². The molecule has 0 aliphatic carbocycles. The Morgan fingerprint density at radius 1 is 1.27 bits per heavy atom. The van der Waals surface area contributed by atoms with E-state index in [0.29, 0.717) is 31.3 Å². The molecule has 26 heavy (non-hydrogen) atoms. The first-order valence-corrected chi connectivity index (χ1v) is 9.26. The van der Waals surface area contributed by atoms with Crippen LogP contribution in [0.3, 0.4) is 0 Å². The van der Waals surface area contributed by atoms with Crippen molar-refractivity contribution in [3.05, 3.63) is 30.1 Å². The van der Waals surface area contributed by atoms with Crippen molar-refractivity contribution in [1.29, 1.82) is 0 Å². The molecule has 1 amide bonds. The maximum atomic E-state index is 13.0. The number of benzene rings is 1. The average Bonchev–Trinajstić information content (AvgIpc) is 2.75. The van der Waals surface area contributed by atoms with Gasteiger partial charge in [0.1, 0.15) is 12.4 Å². The summed E-state index contributed by atoms with van der Waals surface area (Å²) in [7, 11) is 2.12. The summed E-state index contributed by atoms with van der Waals surface area (Å²) in [6.45, 7) is 4.34. The van der Waals surface area contributed by atoms with E-state index in [1.54, 1.807) is 0 Å². The Kier molecular flexibility index (Phi) is 4.93. The molecule has 1 aromatic carbocycles. The number of aryl methyl sites for hydroxylation is 1. The van der Waals surface area contributed by atoms with Gasteiger partial charge >= 0.3 is 0 Å². The van der Waals surface area contributed by atoms with Gasteiger partial charge in [-0.3, -0.25) is 4.79 Å². The maximum Gasteiger partial charge on any atom is 0.224 e. The summed E-state index contributed by atoms with van der Waals surface area (Å²) in [5, 5.41) is 9.62. The molecular weight excluding hydrogens is 332 g/mol. The predicted molar refractivity (Wildman–Crippen MR) is 97.6 cm³/mol. The largest absolute Gasteiger partial charge is 0.388 e. The Morgan fingerprint density at radius 2 is 2.12 bits per heavy atom. The number of aromatic nitrogens is 2. The van der Waals surface area contributed by atoms with Gasteiger partial charge in [-0.05, 0) is 19.2 Å². The number of aliphatic hydroxyl groups excluding tert-OH is 1. The number of ether oxygens (including phenoxy) is 1. The number of aliphatic hydroxyl groups is 1. The second kappa shape index (κ2) is 7.34. The van der Waals surface area contributed by atoms with E-state index in [9.17, 15) is 9.90 Å². The van der Waals surface area contributed by atoms with E-state index in [-0.39, 0.29) is 18.6 Å². The van der Waals surface area contributed by atoms with Gasteiger partial charge in [0.2, 0.25) is 5.91 Å². The lowest BCUT2D eigenvalue weighted by Crippen LogP contribution is -2.46. The Labute approximate surface area is 153 Å². The second-order valence-corrected chi connectivity index (χ2v) is 7.40. The molecule has 2 aliphatic heterocycles. The summed E-state index contributed by atoms with van der Waals surface area (Å²) in [4.78, 5) is 21.8. The minimum absolute atomic E-state index is 0.122. The summed E-state index contributed by atoms with van der Waals surface area (Å²) in [6, 6.07) is 7.91. The lowest BCUT2D eigenvalue weighted by molar-refractivity contribution is -0.134. The summed E-state index contributed by atoms with van der Waals surface area (Å²) in [5.41, 5.74) is 1.81. The van der Waals surface area contributed by atoms with E-state index in [2.05, 4.69) is 16.9 Å². The average molecular weight is 358 g/mol. The van der Waals surface area contributed by atoms with Gasteiger partial charge in [-0.2, -0.15) is 0 Å². The zero-order valence-corrected chi connectivity index (χ0v) is 15.2. The zero-order chi connectivity index (χ0) is 18.1. The maximum absolute atomic E-state index is 13.0. The standard InChI is InChI=1S/C19H26N4O3/c1-21-8-14-9-23(15(10-21)13-26-12-14)19(25)6-7-22-17-5-3-2-4-16(17)20-18(22)11-24/h2-5,14-15,24H,6-13H2,1H3/t14-,15-/m0/s1. The van der Waals surface area contributed by atoms with Crippen molar-refractivity contribution in [3.8, 4) is 0 Å². The molecule has 2 saturated heterocycles. The first kappa shape index (κ1) is 17.5. The monoisotopic (exact) mass is 358 g/mol. The van der Waals surface area contributed by atoms with Crippen molar-refractivity contribution in [2.75, 3.05) is 39.9 Å². The molecule has 2 atom stereocenters. The molecule has 1 aromatic heterocycles. The normalized spacial score (nSPS) is 24.0. The van der Waals surface area contributed by atoms with Gasteiger partial charge in [0.25, 0.3) is 0 Å². The van der Waals surface area contributed by atoms with Gasteiger partial charge in [-0.1, -0.05) is 12.1 Å². The number of rotatable bonds is 4. The molecular formula is C19H26N4O3. The number of para-hydroxylation sites is 2. The molecule has 0 spiro atoms. The van der Waals surface area contributed by atoms with E-state index >= 15 is 0 Å². The lowest BCUT2D eigenvalue weighted by atomic mass is 10.1. The van der Waals surface area contributed by atoms with Crippen molar-refractivity contribution < 1.29 is 14.6 Å². The van der Waals surface area contributed by atoms with Gasteiger partial charge in [0.05, 0.1) is 30.3 Å². The highest BCUT2D eigenvalue weighted by molar-refractivity contribution is 5.78. The number of carbonyl (C=O) groups is 1. The number of carbonyl (C=O) groups excluding carboxylic acids is 1. The first-order chi connectivity index (χ1) is 12.7. The fraction of sp³-hybridized carbons (Fsp3) is 0.579. The summed E-state index contributed by atoms with van der Waals surface area (Å²) >= 11 is 0. The van der Waals surface area contributed by atoms with Crippen molar-refractivity contribution in [2.45, 2.75) is 25.6 Å². The molecule has 7 nitrogen and oxygen atoms in total. The summed E-state index contributed by atoms with van der Waals surface area (Å²) in [6.07, 6.45) is 0.403. The van der Waals surface area contributed by atoms with E-state index < -0.39 is 0 Å². The second-order valence-electron chi connectivity index (χ2n) is 7.40. The molecule has 4 rings (SSSR count). The number of hydrogen-bond acceptors (Lipinski definition) is 5. The van der Waals surface area contributed by atoms with Crippen LogP contribution < -0.4 is 0 Å². The Bertz CT molecular complexity index is 790. The Morgan fingerprint density at radius 3 is 2.96 bits per heavy atom. The smallest absolute Gasteiger partial charge is 0.224 e. The number of fused-ring (bicyclic) bond motifs is 4. The van der Waals surface area contributed by atoms with Crippen LogP contribution in [0.4, 0.5) is 0 Å². The minimum Gasteiger partial charge on any atom is -0.388 e. The van der Waals surface area contributed by atoms with E-state index in [0.717, 1.165) is 37.3 Å². The van der Waals surface area contributed by atoms with Gasteiger partial charge in [-0.15, -0.1) is 0 Å². The molecule has 1 N–H and O–H groups in total. The van der Waals surface area contributed by atoms with Gasteiger partial charge in [0, 0.05) is 38.5 Å². The highest BCUT2D eigenvalue weighted by Crippen LogP contribution is 2.21. The Balaban J connectivity index is 1.50. The van der Waals surface area contributed by atoms with E-state index in [4.69, 9.17) is 4.74 Å². The number of imidazole rings is 1. The highest BCUT2D eigenvalue weighted by atomic mass is 16.5. The number of hydrogen-bond donors (Lipinski definition) is 1. The summed E-state index contributed by atoms with van der Waals surface area (Å²) in [5.74, 6) is 1.14. The van der Waals surface area contributed by atoms with Crippen LogP contribution in [0.5, 0.6) is 0 Å². The first-order valence-electron chi connectivity index (χ1n) is 9.26. The van der Waals surface area contributed by atoms with Gasteiger partial charge in [0.15, 0.2) is 0 Å². The van der Waals surface area contributed by atoms with Crippen LogP contribution >= 0.6 is 0 Å². The highest BCUT2D eigenvalue weighted by Gasteiger charge is 2.34. The molecule has 2 bridgehead atoms. The van der Waals surface area contributed by atoms with Gasteiger partial charge in [-0.25, -0.2) is 4.98 Å². The molecule has 7 heteroatoms. The van der Waals surface area contributed by atoms with Crippen LogP contribution in [0.2, 0.25) is 0 Å². The van der Waals surface area contributed by atoms with Gasteiger partial charge < -0.3 is 24.2 Å². The van der Waals surface area contributed by atoms with Crippen LogP contribution in [-0.4, -0.2) is 76.3 Å². The fourth-order valence-electron chi connectivity index (χ4n) is 4.23. The number of likely N-dealkylation sites (N-methyl/N-ethyl adjacent to an activating group) is 1.